The van der Waals surface area contributed by atoms with Crippen molar-refractivity contribution in [2.24, 2.45) is 7.05 Å². The molecule has 1 aromatic carbocycles. The standard InChI is InChI=1S/C14H18N4O2S/c1-18-9-14(16-10-18)21(19,20)17-13-4-2-11(3-5-13)8-15-12-6-7-12/h2-5,9-10,12,15,17H,6-8H2,1H3. The van der Waals surface area contributed by atoms with Gasteiger partial charge < -0.3 is 9.88 Å². The van der Waals surface area contributed by atoms with Crippen molar-refractivity contribution in [2.75, 3.05) is 4.72 Å². The average Bonchev–Trinajstić information content (AvgIpc) is 3.17. The number of nitrogens with one attached hydrogen (secondary N) is 2. The Morgan fingerprint density at radius 3 is 2.57 bits per heavy atom. The van der Waals surface area contributed by atoms with Crippen LogP contribution in [0.25, 0.3) is 0 Å². The number of aromatic nitrogens is 2. The summed E-state index contributed by atoms with van der Waals surface area (Å²) in [6, 6.07) is 8.04. The molecular weight excluding hydrogens is 288 g/mol. The molecule has 7 heteroatoms. The predicted octanol–water partition coefficient (Wildman–Crippen LogP) is 1.47. The molecule has 1 fully saturated rings. The Labute approximate surface area is 124 Å². The molecule has 0 saturated heterocycles. The lowest BCUT2D eigenvalue weighted by atomic mass is 10.2. The van der Waals surface area contributed by atoms with E-state index >= 15 is 0 Å². The van der Waals surface area contributed by atoms with Gasteiger partial charge in [0.25, 0.3) is 10.0 Å². The van der Waals surface area contributed by atoms with Crippen LogP contribution < -0.4 is 10.0 Å². The van der Waals surface area contributed by atoms with Crippen molar-refractivity contribution in [1.82, 2.24) is 14.9 Å². The van der Waals surface area contributed by atoms with Crippen LogP contribution in [0.5, 0.6) is 0 Å². The summed E-state index contributed by atoms with van der Waals surface area (Å²) in [5, 5.41) is 3.44. The van der Waals surface area contributed by atoms with E-state index < -0.39 is 10.0 Å². The minimum Gasteiger partial charge on any atom is -0.339 e. The van der Waals surface area contributed by atoms with Gasteiger partial charge in [0.2, 0.25) is 0 Å². The predicted molar refractivity (Wildman–Crippen MR) is 80.3 cm³/mol. The van der Waals surface area contributed by atoms with Gasteiger partial charge in [-0.3, -0.25) is 4.72 Å². The van der Waals surface area contributed by atoms with E-state index in [0.29, 0.717) is 11.7 Å². The van der Waals surface area contributed by atoms with Crippen LogP contribution in [0, 0.1) is 0 Å². The molecule has 2 N–H and O–H groups in total. The van der Waals surface area contributed by atoms with Gasteiger partial charge in [-0.1, -0.05) is 12.1 Å². The summed E-state index contributed by atoms with van der Waals surface area (Å²) in [6.07, 6.45) is 5.43. The molecule has 0 unspecified atom stereocenters. The number of sulfonamides is 1. The van der Waals surface area contributed by atoms with E-state index in [4.69, 9.17) is 0 Å². The Balaban J connectivity index is 1.66. The molecular formula is C14H18N4O2S. The first-order valence-corrected chi connectivity index (χ1v) is 8.34. The number of imidazole rings is 1. The molecule has 112 valence electrons. The van der Waals surface area contributed by atoms with Crippen LogP contribution in [0.4, 0.5) is 5.69 Å². The van der Waals surface area contributed by atoms with Crippen molar-refractivity contribution in [3.05, 3.63) is 42.4 Å². The zero-order valence-electron chi connectivity index (χ0n) is 11.8. The van der Waals surface area contributed by atoms with Gasteiger partial charge in [0.05, 0.1) is 6.33 Å². The van der Waals surface area contributed by atoms with E-state index in [1.165, 1.54) is 25.4 Å². The van der Waals surface area contributed by atoms with Gasteiger partial charge in [-0.2, -0.15) is 8.42 Å². The smallest absolute Gasteiger partial charge is 0.280 e. The highest BCUT2D eigenvalue weighted by Crippen LogP contribution is 2.20. The van der Waals surface area contributed by atoms with Crippen molar-refractivity contribution in [2.45, 2.75) is 30.5 Å². The first-order chi connectivity index (χ1) is 10.0. The summed E-state index contributed by atoms with van der Waals surface area (Å²) in [6.45, 7) is 0.817. The molecule has 0 bridgehead atoms. The minimum absolute atomic E-state index is 0.0180. The molecule has 1 aliphatic carbocycles. The first-order valence-electron chi connectivity index (χ1n) is 6.86. The molecule has 0 spiro atoms. The number of rotatable bonds is 6. The number of aryl methyl sites for hydroxylation is 1. The fraction of sp³-hybridized carbons (Fsp3) is 0.357. The molecule has 1 aromatic heterocycles. The van der Waals surface area contributed by atoms with E-state index in [2.05, 4.69) is 15.0 Å². The molecule has 0 amide bonds. The summed E-state index contributed by atoms with van der Waals surface area (Å²) in [7, 11) is -1.89. The quantitative estimate of drug-likeness (QED) is 0.847. The fourth-order valence-corrected chi connectivity index (χ4v) is 3.02. The summed E-state index contributed by atoms with van der Waals surface area (Å²) < 4.78 is 28.4. The summed E-state index contributed by atoms with van der Waals surface area (Å²) >= 11 is 0. The van der Waals surface area contributed by atoms with Crippen LogP contribution in [-0.4, -0.2) is 24.0 Å². The molecule has 2 aromatic rings. The molecule has 1 heterocycles. The Hall–Kier alpha value is -1.86. The summed E-state index contributed by atoms with van der Waals surface area (Å²) in [4.78, 5) is 3.86. The number of hydrogen-bond donors (Lipinski definition) is 2. The van der Waals surface area contributed by atoms with Crippen LogP contribution in [0.3, 0.4) is 0 Å². The third-order valence-corrected chi connectivity index (χ3v) is 4.60. The largest absolute Gasteiger partial charge is 0.339 e. The molecule has 3 rings (SSSR count). The van der Waals surface area contributed by atoms with E-state index in [1.807, 2.05) is 12.1 Å². The van der Waals surface area contributed by atoms with E-state index in [1.54, 1.807) is 23.7 Å². The normalized spacial score (nSPS) is 15.1. The van der Waals surface area contributed by atoms with Gasteiger partial charge in [-0.25, -0.2) is 4.98 Å². The zero-order chi connectivity index (χ0) is 14.9. The monoisotopic (exact) mass is 306 g/mol. The van der Waals surface area contributed by atoms with E-state index in [-0.39, 0.29) is 5.03 Å². The Bertz CT molecular complexity index is 718. The third-order valence-electron chi connectivity index (χ3n) is 3.33. The summed E-state index contributed by atoms with van der Waals surface area (Å²) in [5.74, 6) is 0. The second-order valence-electron chi connectivity index (χ2n) is 5.33. The number of anilines is 1. The van der Waals surface area contributed by atoms with Gasteiger partial charge >= 0.3 is 0 Å². The summed E-state index contributed by atoms with van der Waals surface area (Å²) in [5.41, 5.74) is 1.68. The molecule has 0 atom stereocenters. The number of benzene rings is 1. The average molecular weight is 306 g/mol. The molecule has 21 heavy (non-hydrogen) atoms. The zero-order valence-corrected chi connectivity index (χ0v) is 12.6. The van der Waals surface area contributed by atoms with E-state index in [0.717, 1.165) is 12.1 Å². The van der Waals surface area contributed by atoms with Gasteiger partial charge in [0.1, 0.15) is 0 Å². The van der Waals surface area contributed by atoms with Crippen molar-refractivity contribution >= 4 is 15.7 Å². The highest BCUT2D eigenvalue weighted by atomic mass is 32.2. The topological polar surface area (TPSA) is 76.0 Å². The Morgan fingerprint density at radius 1 is 1.29 bits per heavy atom. The van der Waals surface area contributed by atoms with Crippen molar-refractivity contribution in [1.29, 1.82) is 0 Å². The van der Waals surface area contributed by atoms with E-state index in [9.17, 15) is 8.42 Å². The highest BCUT2D eigenvalue weighted by molar-refractivity contribution is 7.92. The van der Waals surface area contributed by atoms with Gasteiger partial charge in [0, 0.05) is 31.5 Å². The second-order valence-corrected chi connectivity index (χ2v) is 6.96. The lowest BCUT2D eigenvalue weighted by molar-refractivity contribution is 0.598. The van der Waals surface area contributed by atoms with Crippen LogP contribution in [-0.2, 0) is 23.6 Å². The maximum Gasteiger partial charge on any atom is 0.280 e. The third kappa shape index (κ3) is 3.62. The lowest BCUT2D eigenvalue weighted by Crippen LogP contribution is -2.15. The van der Waals surface area contributed by atoms with Crippen LogP contribution >= 0.6 is 0 Å². The number of nitrogens with zero attached hydrogens (tertiary/aromatic N) is 2. The maximum atomic E-state index is 12.1. The Morgan fingerprint density at radius 2 is 2.00 bits per heavy atom. The van der Waals surface area contributed by atoms with Crippen LogP contribution in [0.2, 0.25) is 0 Å². The molecule has 1 aliphatic rings. The minimum atomic E-state index is -3.62. The molecule has 1 saturated carbocycles. The van der Waals surface area contributed by atoms with Crippen molar-refractivity contribution < 1.29 is 8.42 Å². The maximum absolute atomic E-state index is 12.1. The van der Waals surface area contributed by atoms with Gasteiger partial charge in [-0.15, -0.1) is 0 Å². The van der Waals surface area contributed by atoms with Crippen LogP contribution in [0.15, 0.2) is 41.8 Å². The lowest BCUT2D eigenvalue weighted by Gasteiger charge is -2.07. The molecule has 6 nitrogen and oxygen atoms in total. The fourth-order valence-electron chi connectivity index (χ4n) is 1.98. The van der Waals surface area contributed by atoms with Crippen LogP contribution in [0.1, 0.15) is 18.4 Å². The van der Waals surface area contributed by atoms with Crippen molar-refractivity contribution in [3.63, 3.8) is 0 Å². The van der Waals surface area contributed by atoms with Gasteiger partial charge in [-0.05, 0) is 30.5 Å². The number of hydrogen-bond acceptors (Lipinski definition) is 4. The molecule has 0 aliphatic heterocycles. The second kappa shape index (κ2) is 5.50. The SMILES string of the molecule is Cn1cnc(S(=O)(=O)Nc2ccc(CNC3CC3)cc2)c1. The highest BCUT2D eigenvalue weighted by Gasteiger charge is 2.20. The van der Waals surface area contributed by atoms with Gasteiger partial charge in [0.15, 0.2) is 5.03 Å². The first kappa shape index (κ1) is 14.1. The molecule has 0 radical (unpaired) electrons. The van der Waals surface area contributed by atoms with Crippen molar-refractivity contribution in [3.8, 4) is 0 Å². The Kier molecular flexibility index (Phi) is 3.69.